The molecule has 2 aliphatic rings. The Balaban J connectivity index is 1.91. The van der Waals surface area contributed by atoms with Gasteiger partial charge in [0.2, 0.25) is 5.91 Å². The zero-order valence-corrected chi connectivity index (χ0v) is 16.8. The van der Waals surface area contributed by atoms with Gasteiger partial charge in [-0.05, 0) is 43.4 Å². The van der Waals surface area contributed by atoms with Gasteiger partial charge in [-0.1, -0.05) is 47.0 Å². The van der Waals surface area contributed by atoms with E-state index in [0.717, 1.165) is 43.4 Å². The van der Waals surface area contributed by atoms with Crippen molar-refractivity contribution < 1.29 is 14.4 Å². The number of amides is 4. The second-order valence-electron chi connectivity index (χ2n) is 8.58. The molecule has 148 valence electrons. The molecule has 0 radical (unpaired) electrons. The Kier molecular flexibility index (Phi) is 6.69. The number of imide groups is 1. The average Bonchev–Trinajstić information content (AvgIpc) is 2.83. The normalized spacial score (nSPS) is 26.3. The van der Waals surface area contributed by atoms with Gasteiger partial charge >= 0.3 is 6.03 Å². The number of hydrogen-bond acceptors (Lipinski definition) is 3. The Morgan fingerprint density at radius 3 is 2.46 bits per heavy atom. The van der Waals surface area contributed by atoms with Crippen molar-refractivity contribution in [1.82, 2.24) is 15.5 Å². The maximum atomic E-state index is 12.9. The first-order valence-corrected chi connectivity index (χ1v) is 10.2. The molecule has 26 heavy (non-hydrogen) atoms. The second kappa shape index (κ2) is 8.40. The van der Waals surface area contributed by atoms with E-state index in [4.69, 9.17) is 0 Å². The summed E-state index contributed by atoms with van der Waals surface area (Å²) in [4.78, 5) is 38.4. The highest BCUT2D eigenvalue weighted by molar-refractivity contribution is 6.09. The van der Waals surface area contributed by atoms with E-state index in [-0.39, 0.29) is 23.8 Å². The molecule has 0 aromatic heterocycles. The molecule has 1 saturated heterocycles. The lowest BCUT2D eigenvalue weighted by atomic mass is 9.65. The van der Waals surface area contributed by atoms with E-state index in [1.165, 1.54) is 0 Å². The highest BCUT2D eigenvalue weighted by Crippen LogP contribution is 2.45. The molecule has 1 heterocycles. The fraction of sp³-hybridized carbons (Fsp3) is 0.850. The van der Waals surface area contributed by atoms with E-state index in [2.05, 4.69) is 38.3 Å². The summed E-state index contributed by atoms with van der Waals surface area (Å²) >= 11 is 0. The summed E-state index contributed by atoms with van der Waals surface area (Å²) in [6.07, 6.45) is 7.37. The minimum Gasteiger partial charge on any atom is -0.355 e. The summed E-state index contributed by atoms with van der Waals surface area (Å²) in [5.41, 5.74) is -0.536. The van der Waals surface area contributed by atoms with Gasteiger partial charge in [0, 0.05) is 6.54 Å². The molecular weight excluding hydrogens is 330 g/mol. The van der Waals surface area contributed by atoms with Crippen LogP contribution in [0.3, 0.4) is 0 Å². The van der Waals surface area contributed by atoms with Gasteiger partial charge in [-0.25, -0.2) is 4.79 Å². The molecule has 1 spiro atoms. The molecule has 0 bridgehead atoms. The van der Waals surface area contributed by atoms with Crippen LogP contribution in [-0.2, 0) is 9.59 Å². The predicted octanol–water partition coefficient (Wildman–Crippen LogP) is 3.21. The van der Waals surface area contributed by atoms with Crippen molar-refractivity contribution in [3.63, 3.8) is 0 Å². The van der Waals surface area contributed by atoms with E-state index in [0.29, 0.717) is 25.3 Å². The number of carbonyl (C=O) groups is 3. The van der Waals surface area contributed by atoms with E-state index in [1.54, 1.807) is 0 Å². The molecule has 0 unspecified atom stereocenters. The van der Waals surface area contributed by atoms with Crippen LogP contribution in [0, 0.1) is 11.3 Å². The molecule has 1 saturated carbocycles. The Hall–Kier alpha value is -1.59. The fourth-order valence-corrected chi connectivity index (χ4v) is 4.14. The van der Waals surface area contributed by atoms with E-state index >= 15 is 0 Å². The highest BCUT2D eigenvalue weighted by Gasteiger charge is 2.53. The summed E-state index contributed by atoms with van der Waals surface area (Å²) in [7, 11) is 0. The van der Waals surface area contributed by atoms with Crippen LogP contribution in [0.4, 0.5) is 4.79 Å². The number of nitrogens with one attached hydrogen (secondary N) is 2. The number of urea groups is 1. The van der Waals surface area contributed by atoms with Crippen LogP contribution in [0.15, 0.2) is 0 Å². The van der Waals surface area contributed by atoms with Crippen molar-refractivity contribution in [1.29, 1.82) is 0 Å². The fourth-order valence-electron chi connectivity index (χ4n) is 4.14. The zero-order valence-electron chi connectivity index (χ0n) is 16.8. The molecule has 4 amide bonds. The van der Waals surface area contributed by atoms with Crippen molar-refractivity contribution in [2.75, 3.05) is 13.1 Å². The molecule has 1 aliphatic heterocycles. The van der Waals surface area contributed by atoms with Crippen molar-refractivity contribution >= 4 is 17.8 Å². The van der Waals surface area contributed by atoms with Crippen molar-refractivity contribution in [2.45, 2.75) is 84.6 Å². The third-order valence-electron chi connectivity index (χ3n) is 6.51. The number of unbranched alkanes of at least 4 members (excludes halogenated alkanes) is 2. The predicted molar refractivity (Wildman–Crippen MR) is 102 cm³/mol. The van der Waals surface area contributed by atoms with Crippen LogP contribution in [0.1, 0.15) is 79.1 Å². The van der Waals surface area contributed by atoms with Gasteiger partial charge in [0.25, 0.3) is 5.91 Å². The SMILES string of the molecule is CCCCCNC(=O)CN1C(=O)NC2(CCC(C(C)(C)CC)CC2)C1=O. The van der Waals surface area contributed by atoms with Crippen LogP contribution < -0.4 is 10.6 Å². The van der Waals surface area contributed by atoms with E-state index < -0.39 is 11.6 Å². The van der Waals surface area contributed by atoms with Crippen LogP contribution in [-0.4, -0.2) is 41.4 Å². The van der Waals surface area contributed by atoms with Crippen molar-refractivity contribution in [3.8, 4) is 0 Å². The van der Waals surface area contributed by atoms with Crippen molar-refractivity contribution in [2.24, 2.45) is 11.3 Å². The first-order valence-electron chi connectivity index (χ1n) is 10.2. The van der Waals surface area contributed by atoms with Gasteiger partial charge in [0.15, 0.2) is 0 Å². The molecule has 2 rings (SSSR count). The Morgan fingerprint density at radius 2 is 1.88 bits per heavy atom. The summed E-state index contributed by atoms with van der Waals surface area (Å²) in [5.74, 6) is 0.0835. The van der Waals surface area contributed by atoms with Gasteiger partial charge in [0.1, 0.15) is 12.1 Å². The Morgan fingerprint density at radius 1 is 1.23 bits per heavy atom. The minimum absolute atomic E-state index is 0.178. The molecule has 0 aromatic carbocycles. The van der Waals surface area contributed by atoms with Gasteiger partial charge in [-0.3, -0.25) is 14.5 Å². The third-order valence-corrected chi connectivity index (χ3v) is 6.51. The van der Waals surface area contributed by atoms with Crippen LogP contribution in [0.5, 0.6) is 0 Å². The number of hydrogen-bond donors (Lipinski definition) is 2. The first-order chi connectivity index (χ1) is 12.3. The molecule has 2 N–H and O–H groups in total. The summed E-state index contributed by atoms with van der Waals surface area (Å²) in [5, 5.41) is 5.70. The summed E-state index contributed by atoms with van der Waals surface area (Å²) < 4.78 is 0. The molecular formula is C20H35N3O3. The number of nitrogens with zero attached hydrogens (tertiary/aromatic N) is 1. The topological polar surface area (TPSA) is 78.5 Å². The van der Waals surface area contributed by atoms with Crippen LogP contribution in [0.25, 0.3) is 0 Å². The van der Waals surface area contributed by atoms with E-state index in [9.17, 15) is 14.4 Å². The van der Waals surface area contributed by atoms with Crippen molar-refractivity contribution in [3.05, 3.63) is 0 Å². The molecule has 1 aliphatic carbocycles. The van der Waals surface area contributed by atoms with E-state index in [1.807, 2.05) is 0 Å². The van der Waals surface area contributed by atoms with Gasteiger partial charge < -0.3 is 10.6 Å². The standard InChI is InChI=1S/C20H35N3O3/c1-5-7-8-13-21-16(24)14-23-17(25)20(22-18(23)26)11-9-15(10-12-20)19(3,4)6-2/h15H,5-14H2,1-4H3,(H,21,24)(H,22,26). The minimum atomic E-state index is -0.792. The third kappa shape index (κ3) is 4.38. The quantitative estimate of drug-likeness (QED) is 0.512. The summed E-state index contributed by atoms with van der Waals surface area (Å²) in [6, 6.07) is -0.424. The second-order valence-corrected chi connectivity index (χ2v) is 8.58. The Labute approximate surface area is 157 Å². The highest BCUT2D eigenvalue weighted by atomic mass is 16.2. The molecule has 2 fully saturated rings. The average molecular weight is 366 g/mol. The maximum Gasteiger partial charge on any atom is 0.325 e. The lowest BCUT2D eigenvalue weighted by Gasteiger charge is -2.42. The number of rotatable bonds is 8. The van der Waals surface area contributed by atoms with Crippen LogP contribution in [0.2, 0.25) is 0 Å². The summed E-state index contributed by atoms with van der Waals surface area (Å²) in [6.45, 7) is 9.27. The van der Waals surface area contributed by atoms with Gasteiger partial charge in [-0.2, -0.15) is 0 Å². The maximum absolute atomic E-state index is 12.9. The van der Waals surface area contributed by atoms with Gasteiger partial charge in [0.05, 0.1) is 0 Å². The smallest absolute Gasteiger partial charge is 0.325 e. The largest absolute Gasteiger partial charge is 0.355 e. The first kappa shape index (κ1) is 20.7. The lowest BCUT2D eigenvalue weighted by molar-refractivity contribution is -0.136. The molecule has 0 aromatic rings. The van der Waals surface area contributed by atoms with Crippen LogP contribution >= 0.6 is 0 Å². The Bertz CT molecular complexity index is 536. The molecule has 0 atom stereocenters. The monoisotopic (exact) mass is 365 g/mol. The zero-order chi connectivity index (χ0) is 19.4. The molecule has 6 heteroatoms. The molecule has 6 nitrogen and oxygen atoms in total. The number of carbonyl (C=O) groups excluding carboxylic acids is 3. The van der Waals surface area contributed by atoms with Gasteiger partial charge in [-0.15, -0.1) is 0 Å². The lowest BCUT2D eigenvalue weighted by Crippen LogP contribution is -2.51.